The molecule has 0 aromatic carbocycles. The first kappa shape index (κ1) is 13.4. The number of rotatable bonds is 5. The second kappa shape index (κ2) is 5.58. The average molecular weight is 239 g/mol. The number of thioether (sulfide) groups is 1. The van der Waals surface area contributed by atoms with Gasteiger partial charge in [-0.2, -0.15) is 11.8 Å². The van der Waals surface area contributed by atoms with Crippen LogP contribution in [0.4, 0.5) is 0 Å². The molecule has 2 nitrogen and oxygen atoms in total. The van der Waals surface area contributed by atoms with Gasteiger partial charge < -0.3 is 4.57 Å². The van der Waals surface area contributed by atoms with Crippen LogP contribution < -0.4 is 0 Å². The minimum absolute atomic E-state index is 0.256. The van der Waals surface area contributed by atoms with E-state index in [1.165, 1.54) is 0 Å². The van der Waals surface area contributed by atoms with Gasteiger partial charge in [0.15, 0.2) is 5.78 Å². The van der Waals surface area contributed by atoms with Crippen LogP contribution in [0.25, 0.3) is 0 Å². The summed E-state index contributed by atoms with van der Waals surface area (Å²) in [4.78, 5) is 12.0. The van der Waals surface area contributed by atoms with Crippen molar-refractivity contribution in [3.8, 4) is 0 Å². The molecule has 90 valence electrons. The number of hydrogen-bond donors (Lipinski definition) is 0. The predicted molar refractivity (Wildman–Crippen MR) is 71.4 cm³/mol. The Bertz CT molecular complexity index is 382. The standard InChI is InChI=1S/C13H21NOS/c1-6-10(3)16-8-13(15)12-7-9(2)14(5)11(12)4/h7,10H,6,8H2,1-5H3. The van der Waals surface area contributed by atoms with Crippen LogP contribution in [-0.2, 0) is 7.05 Å². The molecule has 0 bridgehead atoms. The van der Waals surface area contributed by atoms with E-state index in [0.29, 0.717) is 11.0 Å². The summed E-state index contributed by atoms with van der Waals surface area (Å²) >= 11 is 1.74. The Hall–Kier alpha value is -0.700. The fourth-order valence-corrected chi connectivity index (χ4v) is 2.38. The Morgan fingerprint density at radius 3 is 2.56 bits per heavy atom. The first-order valence-electron chi connectivity index (χ1n) is 5.75. The first-order valence-corrected chi connectivity index (χ1v) is 6.80. The molecule has 16 heavy (non-hydrogen) atoms. The number of Topliss-reactive ketones (excluding diaryl/α,β-unsaturated/α-hetero) is 1. The van der Waals surface area contributed by atoms with E-state index in [4.69, 9.17) is 0 Å². The fourth-order valence-electron chi connectivity index (χ4n) is 1.55. The van der Waals surface area contributed by atoms with E-state index in [1.807, 2.05) is 27.0 Å². The Morgan fingerprint density at radius 1 is 1.50 bits per heavy atom. The van der Waals surface area contributed by atoms with Crippen LogP contribution >= 0.6 is 11.8 Å². The molecule has 0 aliphatic rings. The Morgan fingerprint density at radius 2 is 2.12 bits per heavy atom. The van der Waals surface area contributed by atoms with E-state index < -0.39 is 0 Å². The van der Waals surface area contributed by atoms with Crippen molar-refractivity contribution in [1.82, 2.24) is 4.57 Å². The summed E-state index contributed by atoms with van der Waals surface area (Å²) in [5.74, 6) is 0.853. The van der Waals surface area contributed by atoms with Crippen molar-refractivity contribution >= 4 is 17.5 Å². The molecule has 1 heterocycles. The Kier molecular flexibility index (Phi) is 4.66. The molecule has 0 N–H and O–H groups in total. The largest absolute Gasteiger partial charge is 0.351 e. The molecule has 0 aliphatic heterocycles. The molecule has 1 aromatic heterocycles. The molecule has 0 saturated heterocycles. The minimum atomic E-state index is 0.256. The molecule has 1 atom stereocenters. The maximum absolute atomic E-state index is 12.0. The van der Waals surface area contributed by atoms with Gasteiger partial charge in [-0.05, 0) is 26.3 Å². The second-order valence-corrected chi connectivity index (χ2v) is 5.72. The topological polar surface area (TPSA) is 22.0 Å². The fraction of sp³-hybridized carbons (Fsp3) is 0.615. The molecule has 0 spiro atoms. The van der Waals surface area contributed by atoms with Crippen LogP contribution in [-0.4, -0.2) is 21.4 Å². The van der Waals surface area contributed by atoms with E-state index in [9.17, 15) is 4.79 Å². The third-order valence-electron chi connectivity index (χ3n) is 3.15. The molecule has 0 amide bonds. The van der Waals surface area contributed by atoms with E-state index >= 15 is 0 Å². The van der Waals surface area contributed by atoms with Crippen LogP contribution in [0.3, 0.4) is 0 Å². The lowest BCUT2D eigenvalue weighted by molar-refractivity contribution is 0.102. The lowest BCUT2D eigenvalue weighted by atomic mass is 10.2. The van der Waals surface area contributed by atoms with Crippen LogP contribution in [0, 0.1) is 13.8 Å². The summed E-state index contributed by atoms with van der Waals surface area (Å²) in [5, 5.41) is 0.564. The highest BCUT2D eigenvalue weighted by Gasteiger charge is 2.14. The molecule has 1 rings (SSSR count). The van der Waals surface area contributed by atoms with Crippen molar-refractivity contribution < 1.29 is 4.79 Å². The zero-order valence-electron chi connectivity index (χ0n) is 10.8. The van der Waals surface area contributed by atoms with Crippen LogP contribution in [0.1, 0.15) is 42.0 Å². The number of aryl methyl sites for hydroxylation is 1. The number of nitrogens with zero attached hydrogens (tertiary/aromatic N) is 1. The molecule has 0 fully saturated rings. The van der Waals surface area contributed by atoms with Crippen LogP contribution in [0.2, 0.25) is 0 Å². The molecule has 3 heteroatoms. The van der Waals surface area contributed by atoms with Gasteiger partial charge >= 0.3 is 0 Å². The van der Waals surface area contributed by atoms with Gasteiger partial charge in [0.25, 0.3) is 0 Å². The summed E-state index contributed by atoms with van der Waals surface area (Å²) in [7, 11) is 2.00. The normalized spacial score (nSPS) is 12.8. The third kappa shape index (κ3) is 2.91. The molecule has 0 aliphatic carbocycles. The lowest BCUT2D eigenvalue weighted by Gasteiger charge is -2.07. The maximum Gasteiger partial charge on any atom is 0.174 e. The summed E-state index contributed by atoms with van der Waals surface area (Å²) in [5.41, 5.74) is 3.11. The first-order chi connectivity index (χ1) is 7.47. The Balaban J connectivity index is 2.70. The highest BCUT2D eigenvalue weighted by molar-refractivity contribution is 8.00. The highest BCUT2D eigenvalue weighted by atomic mass is 32.2. The van der Waals surface area contributed by atoms with Crippen LogP contribution in [0.5, 0.6) is 0 Å². The number of carbonyl (C=O) groups excluding carboxylic acids is 1. The zero-order valence-corrected chi connectivity index (χ0v) is 11.6. The second-order valence-electron chi connectivity index (χ2n) is 4.30. The summed E-state index contributed by atoms with van der Waals surface area (Å²) in [6.07, 6.45) is 1.12. The van der Waals surface area contributed by atoms with E-state index in [-0.39, 0.29) is 5.78 Å². The molecule has 1 aromatic rings. The van der Waals surface area contributed by atoms with Gasteiger partial charge in [0.1, 0.15) is 0 Å². The summed E-state index contributed by atoms with van der Waals surface area (Å²) in [6, 6.07) is 1.99. The number of hydrogen-bond acceptors (Lipinski definition) is 2. The van der Waals surface area contributed by atoms with Gasteiger partial charge in [0.2, 0.25) is 0 Å². The highest BCUT2D eigenvalue weighted by Crippen LogP contribution is 2.19. The molecular weight excluding hydrogens is 218 g/mol. The Labute approximate surface area is 102 Å². The van der Waals surface area contributed by atoms with Crippen molar-refractivity contribution in [3.05, 3.63) is 23.0 Å². The third-order valence-corrected chi connectivity index (χ3v) is 4.48. The van der Waals surface area contributed by atoms with E-state index in [1.54, 1.807) is 11.8 Å². The van der Waals surface area contributed by atoms with Gasteiger partial charge in [-0.3, -0.25) is 4.79 Å². The van der Waals surface area contributed by atoms with Gasteiger partial charge in [-0.15, -0.1) is 0 Å². The van der Waals surface area contributed by atoms with Crippen molar-refractivity contribution in [2.24, 2.45) is 7.05 Å². The minimum Gasteiger partial charge on any atom is -0.351 e. The van der Waals surface area contributed by atoms with Crippen molar-refractivity contribution in [2.75, 3.05) is 5.75 Å². The van der Waals surface area contributed by atoms with Gasteiger partial charge in [-0.1, -0.05) is 13.8 Å². The quantitative estimate of drug-likeness (QED) is 0.735. The molecule has 1 unspecified atom stereocenters. The average Bonchev–Trinajstić information content (AvgIpc) is 2.53. The number of ketones is 1. The van der Waals surface area contributed by atoms with Crippen molar-refractivity contribution in [1.29, 1.82) is 0 Å². The molecule has 0 radical (unpaired) electrons. The summed E-state index contributed by atoms with van der Waals surface area (Å²) < 4.78 is 2.07. The molecular formula is C13H21NOS. The lowest BCUT2D eigenvalue weighted by Crippen LogP contribution is -2.07. The van der Waals surface area contributed by atoms with Crippen LogP contribution in [0.15, 0.2) is 6.07 Å². The summed E-state index contributed by atoms with van der Waals surface area (Å²) in [6.45, 7) is 8.36. The number of aromatic nitrogens is 1. The van der Waals surface area contributed by atoms with Gasteiger partial charge in [0.05, 0.1) is 5.75 Å². The number of carbonyl (C=O) groups is 1. The smallest absolute Gasteiger partial charge is 0.174 e. The van der Waals surface area contributed by atoms with Crippen molar-refractivity contribution in [2.45, 2.75) is 39.4 Å². The maximum atomic E-state index is 12.0. The SMILES string of the molecule is CCC(C)SCC(=O)c1cc(C)n(C)c1C. The molecule has 0 saturated carbocycles. The van der Waals surface area contributed by atoms with E-state index in [0.717, 1.165) is 23.4 Å². The predicted octanol–water partition coefficient (Wildman–Crippen LogP) is 3.36. The van der Waals surface area contributed by atoms with Gasteiger partial charge in [0, 0.05) is 29.2 Å². The monoisotopic (exact) mass is 239 g/mol. The zero-order chi connectivity index (χ0) is 12.3. The van der Waals surface area contributed by atoms with Crippen molar-refractivity contribution in [3.63, 3.8) is 0 Å². The van der Waals surface area contributed by atoms with Gasteiger partial charge in [-0.25, -0.2) is 0 Å². The van der Waals surface area contributed by atoms with E-state index in [2.05, 4.69) is 18.4 Å².